The van der Waals surface area contributed by atoms with Crippen molar-refractivity contribution in [2.75, 3.05) is 5.32 Å². The van der Waals surface area contributed by atoms with E-state index in [0.717, 1.165) is 16.6 Å². The molecule has 0 fully saturated rings. The van der Waals surface area contributed by atoms with Crippen molar-refractivity contribution >= 4 is 22.6 Å². The van der Waals surface area contributed by atoms with Gasteiger partial charge in [0, 0.05) is 17.1 Å². The molecule has 18 heavy (non-hydrogen) atoms. The lowest BCUT2D eigenvalue weighted by molar-refractivity contribution is 0.244. The van der Waals surface area contributed by atoms with Gasteiger partial charge in [0.15, 0.2) is 0 Å². The van der Waals surface area contributed by atoms with E-state index in [2.05, 4.69) is 15.6 Å². The van der Waals surface area contributed by atoms with E-state index in [0.29, 0.717) is 0 Å². The van der Waals surface area contributed by atoms with Gasteiger partial charge >= 0.3 is 6.03 Å². The van der Waals surface area contributed by atoms with E-state index in [1.165, 1.54) is 0 Å². The molecule has 1 aromatic heterocycles. The summed E-state index contributed by atoms with van der Waals surface area (Å²) in [5.74, 6) is 0. The number of anilines is 1. The summed E-state index contributed by atoms with van der Waals surface area (Å²) in [5, 5.41) is 6.69. The quantitative estimate of drug-likeness (QED) is 0.808. The van der Waals surface area contributed by atoms with Crippen LogP contribution < -0.4 is 10.6 Å². The highest BCUT2D eigenvalue weighted by Gasteiger charge is 2.14. The number of para-hydroxylation sites is 1. The fourth-order valence-corrected chi connectivity index (χ4v) is 1.70. The standard InChI is InChI=1S/C14H17N3O/c1-14(2,3)17-13(18)16-11-8-4-6-10-7-5-9-15-12(10)11/h4-9H,1-3H3,(H2,16,17,18). The summed E-state index contributed by atoms with van der Waals surface area (Å²) >= 11 is 0. The van der Waals surface area contributed by atoms with Gasteiger partial charge in [0.05, 0.1) is 11.2 Å². The molecule has 0 unspecified atom stereocenters. The van der Waals surface area contributed by atoms with Gasteiger partial charge in [-0.15, -0.1) is 0 Å². The number of nitrogens with zero attached hydrogens (tertiary/aromatic N) is 1. The van der Waals surface area contributed by atoms with Crippen LogP contribution in [-0.2, 0) is 0 Å². The van der Waals surface area contributed by atoms with Crippen LogP contribution in [0.25, 0.3) is 10.9 Å². The predicted octanol–water partition coefficient (Wildman–Crippen LogP) is 3.15. The highest BCUT2D eigenvalue weighted by molar-refractivity contribution is 5.99. The third-order valence-corrected chi connectivity index (χ3v) is 2.37. The van der Waals surface area contributed by atoms with Crippen molar-refractivity contribution in [3.8, 4) is 0 Å². The van der Waals surface area contributed by atoms with Crippen LogP contribution in [0, 0.1) is 0 Å². The van der Waals surface area contributed by atoms with E-state index >= 15 is 0 Å². The fourth-order valence-electron chi connectivity index (χ4n) is 1.70. The smallest absolute Gasteiger partial charge is 0.319 e. The Balaban J connectivity index is 2.24. The average molecular weight is 243 g/mol. The van der Waals surface area contributed by atoms with Crippen molar-refractivity contribution in [2.45, 2.75) is 26.3 Å². The Hall–Kier alpha value is -2.10. The molecule has 2 aromatic rings. The van der Waals surface area contributed by atoms with Crippen molar-refractivity contribution in [3.05, 3.63) is 36.5 Å². The monoisotopic (exact) mass is 243 g/mol. The Morgan fingerprint density at radius 2 is 1.89 bits per heavy atom. The van der Waals surface area contributed by atoms with Gasteiger partial charge in [0.2, 0.25) is 0 Å². The lowest BCUT2D eigenvalue weighted by Gasteiger charge is -2.21. The number of rotatable bonds is 1. The van der Waals surface area contributed by atoms with Gasteiger partial charge in [-0.25, -0.2) is 4.79 Å². The molecule has 4 nitrogen and oxygen atoms in total. The van der Waals surface area contributed by atoms with Crippen LogP contribution in [0.5, 0.6) is 0 Å². The second-order valence-electron chi connectivity index (χ2n) is 5.21. The highest BCUT2D eigenvalue weighted by atomic mass is 16.2. The number of pyridine rings is 1. The van der Waals surface area contributed by atoms with E-state index in [9.17, 15) is 4.79 Å². The molecule has 0 aliphatic carbocycles. The molecule has 0 atom stereocenters. The number of benzene rings is 1. The Morgan fingerprint density at radius 3 is 2.61 bits per heavy atom. The molecule has 2 rings (SSSR count). The van der Waals surface area contributed by atoms with Crippen molar-refractivity contribution in [1.29, 1.82) is 0 Å². The van der Waals surface area contributed by atoms with Gasteiger partial charge in [-0.05, 0) is 32.9 Å². The molecule has 94 valence electrons. The minimum absolute atomic E-state index is 0.222. The lowest BCUT2D eigenvalue weighted by Crippen LogP contribution is -2.43. The molecule has 4 heteroatoms. The van der Waals surface area contributed by atoms with E-state index in [-0.39, 0.29) is 11.6 Å². The van der Waals surface area contributed by atoms with Crippen LogP contribution in [-0.4, -0.2) is 16.6 Å². The normalized spacial score (nSPS) is 11.3. The number of hydrogen-bond acceptors (Lipinski definition) is 2. The maximum Gasteiger partial charge on any atom is 0.319 e. The number of carbonyl (C=O) groups excluding carboxylic acids is 1. The van der Waals surface area contributed by atoms with E-state index in [1.807, 2.05) is 51.1 Å². The van der Waals surface area contributed by atoms with Gasteiger partial charge in [-0.3, -0.25) is 4.98 Å². The third kappa shape index (κ3) is 2.97. The van der Waals surface area contributed by atoms with Crippen LogP contribution in [0.1, 0.15) is 20.8 Å². The van der Waals surface area contributed by atoms with Crippen molar-refractivity contribution in [2.24, 2.45) is 0 Å². The van der Waals surface area contributed by atoms with Crippen LogP contribution >= 0.6 is 0 Å². The Kier molecular flexibility index (Phi) is 3.19. The molecule has 0 saturated carbocycles. The first-order valence-corrected chi connectivity index (χ1v) is 5.89. The molecule has 1 heterocycles. The Labute approximate surface area is 106 Å². The second kappa shape index (κ2) is 4.64. The molecule has 2 amide bonds. The van der Waals surface area contributed by atoms with Crippen molar-refractivity contribution in [3.63, 3.8) is 0 Å². The minimum Gasteiger partial charge on any atom is -0.333 e. The molecule has 0 saturated heterocycles. The first-order chi connectivity index (χ1) is 8.46. The first-order valence-electron chi connectivity index (χ1n) is 5.89. The van der Waals surface area contributed by atoms with E-state index in [1.54, 1.807) is 6.20 Å². The highest BCUT2D eigenvalue weighted by Crippen LogP contribution is 2.20. The van der Waals surface area contributed by atoms with Crippen molar-refractivity contribution < 1.29 is 4.79 Å². The van der Waals surface area contributed by atoms with Gasteiger partial charge in [0.25, 0.3) is 0 Å². The lowest BCUT2D eigenvalue weighted by atomic mass is 10.1. The summed E-state index contributed by atoms with van der Waals surface area (Å²) in [5.41, 5.74) is 1.25. The number of nitrogens with one attached hydrogen (secondary N) is 2. The SMILES string of the molecule is CC(C)(C)NC(=O)Nc1cccc2cccnc12. The zero-order valence-electron chi connectivity index (χ0n) is 10.8. The van der Waals surface area contributed by atoms with Crippen molar-refractivity contribution in [1.82, 2.24) is 10.3 Å². The molecule has 2 N–H and O–H groups in total. The number of urea groups is 1. The summed E-state index contributed by atoms with van der Waals surface area (Å²) in [6.07, 6.45) is 1.72. The largest absolute Gasteiger partial charge is 0.333 e. The van der Waals surface area contributed by atoms with Gasteiger partial charge in [0.1, 0.15) is 0 Å². The summed E-state index contributed by atoms with van der Waals surface area (Å²) in [4.78, 5) is 16.1. The van der Waals surface area contributed by atoms with Gasteiger partial charge < -0.3 is 10.6 Å². The van der Waals surface area contributed by atoms with E-state index < -0.39 is 0 Å². The average Bonchev–Trinajstić information content (AvgIpc) is 2.27. The number of fused-ring (bicyclic) bond motifs is 1. The first kappa shape index (κ1) is 12.4. The molecule has 1 aromatic carbocycles. The molecule has 0 aliphatic heterocycles. The van der Waals surface area contributed by atoms with Gasteiger partial charge in [-0.1, -0.05) is 18.2 Å². The second-order valence-corrected chi connectivity index (χ2v) is 5.21. The number of hydrogen-bond donors (Lipinski definition) is 2. The minimum atomic E-state index is -0.262. The summed E-state index contributed by atoms with van der Waals surface area (Å²) in [6, 6.07) is 9.33. The number of aromatic nitrogens is 1. The molecular weight excluding hydrogens is 226 g/mol. The Bertz CT molecular complexity index is 567. The number of amides is 2. The van der Waals surface area contributed by atoms with Gasteiger partial charge in [-0.2, -0.15) is 0 Å². The molecular formula is C14H17N3O. The van der Waals surface area contributed by atoms with Crippen LogP contribution in [0.15, 0.2) is 36.5 Å². The summed E-state index contributed by atoms with van der Waals surface area (Å²) < 4.78 is 0. The topological polar surface area (TPSA) is 54.0 Å². The zero-order valence-corrected chi connectivity index (χ0v) is 10.8. The van der Waals surface area contributed by atoms with Crippen LogP contribution in [0.4, 0.5) is 10.5 Å². The zero-order chi connectivity index (χ0) is 13.2. The maximum absolute atomic E-state index is 11.8. The van der Waals surface area contributed by atoms with Crippen LogP contribution in [0.2, 0.25) is 0 Å². The summed E-state index contributed by atoms with van der Waals surface area (Å²) in [6.45, 7) is 5.82. The number of carbonyl (C=O) groups is 1. The maximum atomic E-state index is 11.8. The van der Waals surface area contributed by atoms with E-state index in [4.69, 9.17) is 0 Å². The molecule has 0 spiro atoms. The molecule has 0 bridgehead atoms. The summed E-state index contributed by atoms with van der Waals surface area (Å²) in [7, 11) is 0. The Morgan fingerprint density at radius 1 is 1.17 bits per heavy atom. The predicted molar refractivity (Wildman–Crippen MR) is 73.7 cm³/mol. The third-order valence-electron chi connectivity index (χ3n) is 2.37. The molecule has 0 aliphatic rings. The van der Waals surface area contributed by atoms with Crippen LogP contribution in [0.3, 0.4) is 0 Å². The fraction of sp³-hybridized carbons (Fsp3) is 0.286. The molecule has 0 radical (unpaired) electrons.